The van der Waals surface area contributed by atoms with Gasteiger partial charge in [0.05, 0.1) is 23.6 Å². The largest absolute Gasteiger partial charge is 0.354 e. The lowest BCUT2D eigenvalue weighted by Gasteiger charge is -2.28. The number of piperazine rings is 1. The number of aromatic amines is 1. The Hall–Kier alpha value is -1.62. The SMILES string of the molecule is c1nc2cc(N3CCNCC3)ncc2[nH]1. The molecule has 2 aromatic rings. The molecule has 1 saturated heterocycles. The Morgan fingerprint density at radius 1 is 1.20 bits per heavy atom. The number of hydrogen-bond donors (Lipinski definition) is 2. The molecule has 0 aromatic carbocycles. The van der Waals surface area contributed by atoms with Gasteiger partial charge in [-0.25, -0.2) is 9.97 Å². The van der Waals surface area contributed by atoms with Crippen molar-refractivity contribution in [2.24, 2.45) is 0 Å². The first kappa shape index (κ1) is 8.67. The van der Waals surface area contributed by atoms with Crippen LogP contribution in [0, 0.1) is 0 Å². The Morgan fingerprint density at radius 2 is 2.07 bits per heavy atom. The highest BCUT2D eigenvalue weighted by Gasteiger charge is 2.12. The van der Waals surface area contributed by atoms with E-state index in [-0.39, 0.29) is 0 Å². The number of fused-ring (bicyclic) bond motifs is 1. The molecule has 1 fully saturated rings. The van der Waals surface area contributed by atoms with E-state index in [4.69, 9.17) is 0 Å². The van der Waals surface area contributed by atoms with Crippen molar-refractivity contribution in [2.45, 2.75) is 0 Å². The van der Waals surface area contributed by atoms with E-state index in [1.165, 1.54) is 0 Å². The summed E-state index contributed by atoms with van der Waals surface area (Å²) in [7, 11) is 0. The lowest BCUT2D eigenvalue weighted by atomic mass is 10.3. The minimum Gasteiger partial charge on any atom is -0.354 e. The number of hydrogen-bond acceptors (Lipinski definition) is 4. The maximum atomic E-state index is 4.43. The van der Waals surface area contributed by atoms with E-state index in [0.717, 1.165) is 43.0 Å². The highest BCUT2D eigenvalue weighted by atomic mass is 15.2. The molecule has 15 heavy (non-hydrogen) atoms. The average molecular weight is 203 g/mol. The fourth-order valence-electron chi connectivity index (χ4n) is 1.89. The van der Waals surface area contributed by atoms with Crippen LogP contribution in [0.3, 0.4) is 0 Å². The van der Waals surface area contributed by atoms with Gasteiger partial charge >= 0.3 is 0 Å². The van der Waals surface area contributed by atoms with E-state index in [1.54, 1.807) is 6.33 Å². The van der Waals surface area contributed by atoms with Crippen LogP contribution >= 0.6 is 0 Å². The first-order chi connectivity index (χ1) is 7.43. The second kappa shape index (κ2) is 3.51. The zero-order chi connectivity index (χ0) is 10.1. The van der Waals surface area contributed by atoms with Crippen molar-refractivity contribution in [2.75, 3.05) is 31.1 Å². The number of anilines is 1. The molecule has 2 N–H and O–H groups in total. The van der Waals surface area contributed by atoms with Crippen LogP contribution in [0.15, 0.2) is 18.6 Å². The Bertz CT molecular complexity index is 458. The summed E-state index contributed by atoms with van der Waals surface area (Å²) in [5.41, 5.74) is 1.98. The van der Waals surface area contributed by atoms with Crippen LogP contribution in [-0.4, -0.2) is 41.1 Å². The standard InChI is InChI=1S/C10H13N5/c1-3-15(4-2-11-1)10-5-8-9(6-12-10)14-7-13-8/h5-7,11H,1-4H2,(H,13,14). The van der Waals surface area contributed by atoms with E-state index < -0.39 is 0 Å². The van der Waals surface area contributed by atoms with Gasteiger partial charge in [-0.3, -0.25) is 0 Å². The number of rotatable bonds is 1. The van der Waals surface area contributed by atoms with Gasteiger partial charge in [0, 0.05) is 32.2 Å². The molecule has 0 bridgehead atoms. The number of pyridine rings is 1. The molecule has 2 aromatic heterocycles. The van der Waals surface area contributed by atoms with Gasteiger partial charge in [-0.2, -0.15) is 0 Å². The van der Waals surface area contributed by atoms with Crippen molar-refractivity contribution in [1.29, 1.82) is 0 Å². The fourth-order valence-corrected chi connectivity index (χ4v) is 1.89. The smallest absolute Gasteiger partial charge is 0.130 e. The molecule has 3 rings (SSSR count). The monoisotopic (exact) mass is 203 g/mol. The first-order valence-corrected chi connectivity index (χ1v) is 5.18. The van der Waals surface area contributed by atoms with Crippen LogP contribution in [0.1, 0.15) is 0 Å². The van der Waals surface area contributed by atoms with E-state index in [0.29, 0.717) is 0 Å². The molecule has 1 aliphatic heterocycles. The topological polar surface area (TPSA) is 56.8 Å². The molecule has 0 spiro atoms. The summed E-state index contributed by atoms with van der Waals surface area (Å²) in [6.45, 7) is 4.09. The molecule has 0 saturated carbocycles. The van der Waals surface area contributed by atoms with Gasteiger partial charge in [0.25, 0.3) is 0 Å². The number of aromatic nitrogens is 3. The molecule has 0 amide bonds. The van der Waals surface area contributed by atoms with Crippen molar-refractivity contribution in [3.05, 3.63) is 18.6 Å². The predicted molar refractivity (Wildman–Crippen MR) is 59.0 cm³/mol. The van der Waals surface area contributed by atoms with E-state index in [9.17, 15) is 0 Å². The van der Waals surface area contributed by atoms with Crippen LogP contribution in [-0.2, 0) is 0 Å². The number of nitrogens with zero attached hydrogens (tertiary/aromatic N) is 3. The van der Waals surface area contributed by atoms with Crippen LogP contribution < -0.4 is 10.2 Å². The van der Waals surface area contributed by atoms with Crippen molar-refractivity contribution in [3.8, 4) is 0 Å². The van der Waals surface area contributed by atoms with Crippen LogP contribution in [0.25, 0.3) is 11.0 Å². The minimum atomic E-state index is 0.985. The normalized spacial score (nSPS) is 17.2. The van der Waals surface area contributed by atoms with Gasteiger partial charge in [0.15, 0.2) is 0 Å². The van der Waals surface area contributed by atoms with Gasteiger partial charge in [-0.05, 0) is 0 Å². The molecule has 0 atom stereocenters. The lowest BCUT2D eigenvalue weighted by molar-refractivity contribution is 0.585. The predicted octanol–water partition coefficient (Wildman–Crippen LogP) is 0.367. The summed E-state index contributed by atoms with van der Waals surface area (Å²) in [6, 6.07) is 2.04. The molecule has 0 aliphatic carbocycles. The lowest BCUT2D eigenvalue weighted by Crippen LogP contribution is -2.43. The quantitative estimate of drug-likeness (QED) is 0.703. The molecular weight excluding hydrogens is 190 g/mol. The fraction of sp³-hybridized carbons (Fsp3) is 0.400. The van der Waals surface area contributed by atoms with Gasteiger partial charge in [-0.1, -0.05) is 0 Å². The summed E-state index contributed by atoms with van der Waals surface area (Å²) in [4.78, 5) is 14.0. The van der Waals surface area contributed by atoms with E-state index >= 15 is 0 Å². The van der Waals surface area contributed by atoms with Crippen LogP contribution in [0.4, 0.5) is 5.82 Å². The minimum absolute atomic E-state index is 0.985. The zero-order valence-corrected chi connectivity index (χ0v) is 8.40. The van der Waals surface area contributed by atoms with E-state index in [1.807, 2.05) is 12.3 Å². The van der Waals surface area contributed by atoms with Crippen molar-refractivity contribution < 1.29 is 0 Å². The molecule has 78 valence electrons. The van der Waals surface area contributed by atoms with Crippen molar-refractivity contribution in [1.82, 2.24) is 20.3 Å². The molecule has 3 heterocycles. The van der Waals surface area contributed by atoms with Crippen LogP contribution in [0.2, 0.25) is 0 Å². The average Bonchev–Trinajstić information content (AvgIpc) is 2.77. The number of H-pyrrole nitrogens is 1. The maximum Gasteiger partial charge on any atom is 0.130 e. The summed E-state index contributed by atoms with van der Waals surface area (Å²) in [6.07, 6.45) is 3.55. The first-order valence-electron chi connectivity index (χ1n) is 5.18. The summed E-state index contributed by atoms with van der Waals surface area (Å²) in [5.74, 6) is 1.02. The maximum absolute atomic E-state index is 4.43. The summed E-state index contributed by atoms with van der Waals surface area (Å²) in [5, 5.41) is 3.33. The Kier molecular flexibility index (Phi) is 2.03. The van der Waals surface area contributed by atoms with Crippen LogP contribution in [0.5, 0.6) is 0 Å². The molecule has 5 heteroatoms. The second-order valence-corrected chi connectivity index (χ2v) is 3.70. The van der Waals surface area contributed by atoms with Gasteiger partial charge in [0.2, 0.25) is 0 Å². The Balaban J connectivity index is 1.95. The molecule has 0 unspecified atom stereocenters. The third-order valence-corrected chi connectivity index (χ3v) is 2.73. The molecule has 1 aliphatic rings. The highest BCUT2D eigenvalue weighted by molar-refractivity contribution is 5.76. The molecule has 5 nitrogen and oxygen atoms in total. The summed E-state index contributed by atoms with van der Waals surface area (Å²) < 4.78 is 0. The Morgan fingerprint density at radius 3 is 2.93 bits per heavy atom. The number of nitrogens with one attached hydrogen (secondary N) is 2. The third kappa shape index (κ3) is 1.55. The third-order valence-electron chi connectivity index (χ3n) is 2.73. The van der Waals surface area contributed by atoms with Gasteiger partial charge in [0.1, 0.15) is 5.82 Å². The summed E-state index contributed by atoms with van der Waals surface area (Å²) >= 11 is 0. The second-order valence-electron chi connectivity index (χ2n) is 3.70. The van der Waals surface area contributed by atoms with E-state index in [2.05, 4.69) is 25.2 Å². The number of imidazole rings is 1. The van der Waals surface area contributed by atoms with Gasteiger partial charge in [-0.15, -0.1) is 0 Å². The highest BCUT2D eigenvalue weighted by Crippen LogP contribution is 2.16. The molecule has 0 radical (unpaired) electrons. The zero-order valence-electron chi connectivity index (χ0n) is 8.40. The Labute approximate surface area is 87.5 Å². The van der Waals surface area contributed by atoms with Crippen molar-refractivity contribution >= 4 is 16.9 Å². The van der Waals surface area contributed by atoms with Crippen molar-refractivity contribution in [3.63, 3.8) is 0 Å². The molecular formula is C10H13N5. The van der Waals surface area contributed by atoms with Gasteiger partial charge < -0.3 is 15.2 Å².